The van der Waals surface area contributed by atoms with E-state index in [2.05, 4.69) is 15.4 Å². The van der Waals surface area contributed by atoms with Crippen LogP contribution in [0.1, 0.15) is 42.5 Å². The summed E-state index contributed by atoms with van der Waals surface area (Å²) in [7, 11) is 0. The van der Waals surface area contributed by atoms with Crippen LogP contribution < -0.4 is 5.32 Å². The molecule has 20 heavy (non-hydrogen) atoms. The normalized spacial score (nSPS) is 13.5. The fraction of sp³-hybridized carbons (Fsp3) is 0.500. The number of fused-ring (bicyclic) bond motifs is 1. The molecule has 0 aromatic carbocycles. The van der Waals surface area contributed by atoms with E-state index in [1.165, 1.54) is 6.20 Å². The molecule has 2 rings (SSSR count). The van der Waals surface area contributed by atoms with Crippen LogP contribution in [0.4, 0.5) is 0 Å². The van der Waals surface area contributed by atoms with Gasteiger partial charge < -0.3 is 10.4 Å². The fourth-order valence-corrected chi connectivity index (χ4v) is 1.90. The van der Waals surface area contributed by atoms with Gasteiger partial charge >= 0.3 is 0 Å². The smallest absolute Gasteiger partial charge is 0.257 e. The van der Waals surface area contributed by atoms with Crippen molar-refractivity contribution < 1.29 is 9.90 Å². The summed E-state index contributed by atoms with van der Waals surface area (Å²) in [5, 5.41) is 16.7. The summed E-state index contributed by atoms with van der Waals surface area (Å²) < 4.78 is 1.64. The summed E-state index contributed by atoms with van der Waals surface area (Å²) in [6.07, 6.45) is 0.840. The van der Waals surface area contributed by atoms with Crippen LogP contribution in [-0.4, -0.2) is 37.3 Å². The van der Waals surface area contributed by atoms with Crippen LogP contribution >= 0.6 is 0 Å². The SMILES string of the molecule is Cc1cc(C)n2ncc(C(=O)NC(C)(C)C(C)O)c2n1. The average molecular weight is 276 g/mol. The van der Waals surface area contributed by atoms with E-state index in [9.17, 15) is 9.90 Å². The average Bonchev–Trinajstić information content (AvgIpc) is 2.71. The van der Waals surface area contributed by atoms with E-state index in [0.29, 0.717) is 11.2 Å². The molecule has 108 valence electrons. The molecule has 2 aromatic heterocycles. The first-order valence-corrected chi connectivity index (χ1v) is 6.55. The Hall–Kier alpha value is -1.95. The van der Waals surface area contributed by atoms with Gasteiger partial charge in [-0.3, -0.25) is 4.79 Å². The zero-order valence-electron chi connectivity index (χ0n) is 12.4. The monoisotopic (exact) mass is 276 g/mol. The zero-order valence-corrected chi connectivity index (χ0v) is 12.4. The number of nitrogens with zero attached hydrogens (tertiary/aromatic N) is 3. The molecule has 0 saturated heterocycles. The number of aromatic nitrogens is 3. The number of aryl methyl sites for hydroxylation is 2. The van der Waals surface area contributed by atoms with Gasteiger partial charge in [0, 0.05) is 11.4 Å². The lowest BCUT2D eigenvalue weighted by Crippen LogP contribution is -2.51. The Bertz CT molecular complexity index is 658. The van der Waals surface area contributed by atoms with Gasteiger partial charge in [-0.1, -0.05) is 0 Å². The zero-order chi connectivity index (χ0) is 15.1. The highest BCUT2D eigenvalue weighted by molar-refractivity contribution is 6.00. The van der Waals surface area contributed by atoms with Crippen LogP contribution in [0.15, 0.2) is 12.3 Å². The Morgan fingerprint density at radius 1 is 1.45 bits per heavy atom. The summed E-state index contributed by atoms with van der Waals surface area (Å²) in [6.45, 7) is 8.97. The van der Waals surface area contributed by atoms with Crippen molar-refractivity contribution in [1.82, 2.24) is 19.9 Å². The summed E-state index contributed by atoms with van der Waals surface area (Å²) in [5.41, 5.74) is 1.97. The van der Waals surface area contributed by atoms with Crippen molar-refractivity contribution in [3.05, 3.63) is 29.2 Å². The first-order chi connectivity index (χ1) is 9.22. The largest absolute Gasteiger partial charge is 0.391 e. The minimum Gasteiger partial charge on any atom is -0.391 e. The third-order valence-electron chi connectivity index (χ3n) is 3.50. The van der Waals surface area contributed by atoms with Gasteiger partial charge in [-0.2, -0.15) is 5.10 Å². The van der Waals surface area contributed by atoms with Gasteiger partial charge in [-0.25, -0.2) is 9.50 Å². The van der Waals surface area contributed by atoms with Crippen LogP contribution in [0.3, 0.4) is 0 Å². The maximum absolute atomic E-state index is 12.3. The summed E-state index contributed by atoms with van der Waals surface area (Å²) in [6, 6.07) is 1.90. The molecular weight excluding hydrogens is 256 g/mol. The summed E-state index contributed by atoms with van der Waals surface area (Å²) in [5.74, 6) is -0.289. The van der Waals surface area contributed by atoms with Gasteiger partial charge in [-0.05, 0) is 40.7 Å². The number of carbonyl (C=O) groups is 1. The molecule has 0 aliphatic carbocycles. The van der Waals surface area contributed by atoms with Crippen molar-refractivity contribution in [3.8, 4) is 0 Å². The molecule has 6 nitrogen and oxygen atoms in total. The lowest BCUT2D eigenvalue weighted by Gasteiger charge is -2.29. The van der Waals surface area contributed by atoms with Gasteiger partial charge in [0.05, 0.1) is 17.8 Å². The minimum atomic E-state index is -0.718. The molecule has 0 fully saturated rings. The molecule has 1 amide bonds. The van der Waals surface area contributed by atoms with Gasteiger partial charge in [0.15, 0.2) is 5.65 Å². The van der Waals surface area contributed by atoms with E-state index in [0.717, 1.165) is 11.4 Å². The van der Waals surface area contributed by atoms with Gasteiger partial charge in [0.25, 0.3) is 5.91 Å². The second-order valence-electron chi connectivity index (χ2n) is 5.68. The third kappa shape index (κ3) is 2.51. The number of aliphatic hydroxyl groups is 1. The number of aliphatic hydroxyl groups excluding tert-OH is 1. The highest BCUT2D eigenvalue weighted by Crippen LogP contribution is 2.14. The molecule has 0 bridgehead atoms. The molecule has 2 N–H and O–H groups in total. The standard InChI is InChI=1S/C14H20N4O2/c1-8-6-9(2)18-12(16-8)11(7-15-18)13(20)17-14(4,5)10(3)19/h6-7,10,19H,1-5H3,(H,17,20). The number of hydrogen-bond donors (Lipinski definition) is 2. The molecule has 2 aromatic rings. The van der Waals surface area contributed by atoms with Crippen molar-refractivity contribution in [1.29, 1.82) is 0 Å². The van der Waals surface area contributed by atoms with Gasteiger partial charge in [0.2, 0.25) is 0 Å². The highest BCUT2D eigenvalue weighted by Gasteiger charge is 2.28. The van der Waals surface area contributed by atoms with E-state index >= 15 is 0 Å². The molecule has 0 aliphatic heterocycles. The van der Waals surface area contributed by atoms with E-state index in [4.69, 9.17) is 0 Å². The van der Waals surface area contributed by atoms with E-state index in [-0.39, 0.29) is 5.91 Å². The maximum atomic E-state index is 12.3. The van der Waals surface area contributed by atoms with Gasteiger partial charge in [0.1, 0.15) is 5.56 Å². The second-order valence-corrected chi connectivity index (χ2v) is 5.68. The van der Waals surface area contributed by atoms with Crippen molar-refractivity contribution >= 4 is 11.6 Å². The Morgan fingerprint density at radius 3 is 2.70 bits per heavy atom. The van der Waals surface area contributed by atoms with Crippen molar-refractivity contribution in [3.63, 3.8) is 0 Å². The molecule has 1 atom stereocenters. The Labute approximate surface area is 117 Å². The van der Waals surface area contributed by atoms with E-state index in [1.807, 2.05) is 19.9 Å². The number of rotatable bonds is 3. The quantitative estimate of drug-likeness (QED) is 0.884. The molecule has 0 aliphatic rings. The van der Waals surface area contributed by atoms with E-state index < -0.39 is 11.6 Å². The fourth-order valence-electron chi connectivity index (χ4n) is 1.90. The number of carbonyl (C=O) groups excluding carboxylic acids is 1. The topological polar surface area (TPSA) is 79.5 Å². The lowest BCUT2D eigenvalue weighted by atomic mass is 9.98. The third-order valence-corrected chi connectivity index (χ3v) is 3.50. The van der Waals surface area contributed by atoms with Crippen molar-refractivity contribution in [2.45, 2.75) is 46.3 Å². The van der Waals surface area contributed by atoms with Crippen molar-refractivity contribution in [2.24, 2.45) is 0 Å². The Morgan fingerprint density at radius 2 is 2.10 bits per heavy atom. The Balaban J connectivity index is 2.41. The molecule has 0 spiro atoms. The van der Waals surface area contributed by atoms with Crippen LogP contribution in [0.2, 0.25) is 0 Å². The molecule has 1 unspecified atom stereocenters. The highest BCUT2D eigenvalue weighted by atomic mass is 16.3. The second kappa shape index (κ2) is 4.86. The number of nitrogens with one attached hydrogen (secondary N) is 1. The summed E-state index contributed by atoms with van der Waals surface area (Å²) >= 11 is 0. The molecular formula is C14H20N4O2. The predicted molar refractivity (Wildman–Crippen MR) is 75.7 cm³/mol. The molecule has 0 radical (unpaired) electrons. The molecule has 6 heteroatoms. The summed E-state index contributed by atoms with van der Waals surface area (Å²) in [4.78, 5) is 16.7. The maximum Gasteiger partial charge on any atom is 0.257 e. The first kappa shape index (κ1) is 14.5. The van der Waals surface area contributed by atoms with Crippen LogP contribution in [0.5, 0.6) is 0 Å². The van der Waals surface area contributed by atoms with Gasteiger partial charge in [-0.15, -0.1) is 0 Å². The van der Waals surface area contributed by atoms with Crippen molar-refractivity contribution in [2.75, 3.05) is 0 Å². The lowest BCUT2D eigenvalue weighted by molar-refractivity contribution is 0.0710. The molecule has 2 heterocycles. The van der Waals surface area contributed by atoms with E-state index in [1.54, 1.807) is 25.3 Å². The van der Waals surface area contributed by atoms with Crippen LogP contribution in [-0.2, 0) is 0 Å². The minimum absolute atomic E-state index is 0.289. The van der Waals surface area contributed by atoms with Crippen LogP contribution in [0.25, 0.3) is 5.65 Å². The first-order valence-electron chi connectivity index (χ1n) is 6.55. The number of hydrogen-bond acceptors (Lipinski definition) is 4. The number of amides is 1. The molecule has 0 saturated carbocycles. The predicted octanol–water partition coefficient (Wildman–Crippen LogP) is 1.24. The van der Waals surface area contributed by atoms with Crippen LogP contribution in [0, 0.1) is 13.8 Å². The Kier molecular flexibility index (Phi) is 3.52.